The minimum absolute atomic E-state index is 0.281. The Balaban J connectivity index is 0.000000693. The first-order chi connectivity index (χ1) is 10.8. The van der Waals surface area contributed by atoms with E-state index in [9.17, 15) is 0 Å². The fourth-order valence-electron chi connectivity index (χ4n) is 2.78. The molecule has 1 aliphatic rings. The van der Waals surface area contributed by atoms with Gasteiger partial charge in [-0.15, -0.1) is 11.3 Å². The number of hydrogen-bond acceptors (Lipinski definition) is 2. The van der Waals surface area contributed by atoms with E-state index >= 15 is 0 Å². The highest BCUT2D eigenvalue weighted by atomic mass is 32.1. The fraction of sp³-hybridized carbons (Fsp3) is 0.200. The van der Waals surface area contributed by atoms with Crippen LogP contribution in [0.4, 0.5) is 0 Å². The zero-order valence-electron chi connectivity index (χ0n) is 13.3. The predicted molar refractivity (Wildman–Crippen MR) is 99.5 cm³/mol. The minimum atomic E-state index is 0.281. The molecule has 1 aliphatic heterocycles. The van der Waals surface area contributed by atoms with Crippen molar-refractivity contribution in [1.29, 1.82) is 0 Å². The molecule has 1 N–H and O–H groups in total. The number of allylic oxidation sites excluding steroid dienone is 2. The van der Waals surface area contributed by atoms with Gasteiger partial charge in [0.2, 0.25) is 0 Å². The highest BCUT2D eigenvalue weighted by molar-refractivity contribution is 7.25. The number of rotatable bonds is 1. The van der Waals surface area contributed by atoms with E-state index in [1.54, 1.807) is 0 Å². The van der Waals surface area contributed by atoms with Crippen LogP contribution in [-0.4, -0.2) is 0 Å². The topological polar surface area (TPSA) is 12.0 Å². The zero-order valence-corrected chi connectivity index (χ0v) is 14.1. The van der Waals surface area contributed by atoms with Gasteiger partial charge in [0.25, 0.3) is 0 Å². The molecule has 0 radical (unpaired) electrons. The van der Waals surface area contributed by atoms with E-state index in [0.717, 1.165) is 0 Å². The summed E-state index contributed by atoms with van der Waals surface area (Å²) in [6.45, 7) is 6.14. The van der Waals surface area contributed by atoms with E-state index in [4.69, 9.17) is 0 Å². The van der Waals surface area contributed by atoms with Crippen LogP contribution in [0, 0.1) is 0 Å². The van der Waals surface area contributed by atoms with Crippen molar-refractivity contribution in [2.45, 2.75) is 26.8 Å². The Kier molecular flexibility index (Phi) is 4.30. The number of nitrogens with one attached hydrogen (secondary N) is 1. The number of thiophene rings is 1. The third-order valence-corrected chi connectivity index (χ3v) is 4.96. The summed E-state index contributed by atoms with van der Waals surface area (Å²) in [6.07, 6.45) is 6.42. The highest BCUT2D eigenvalue weighted by Crippen LogP contribution is 2.35. The van der Waals surface area contributed by atoms with Gasteiger partial charge in [-0.25, -0.2) is 0 Å². The van der Waals surface area contributed by atoms with Crippen LogP contribution in [0.2, 0.25) is 0 Å². The molecular formula is C20H21NS. The van der Waals surface area contributed by atoms with E-state index in [1.165, 1.54) is 31.3 Å². The summed E-state index contributed by atoms with van der Waals surface area (Å²) < 4.78 is 2.73. The minimum Gasteiger partial charge on any atom is -0.381 e. The number of hydrogen-bond donors (Lipinski definition) is 1. The molecule has 3 aromatic rings. The Morgan fingerprint density at radius 2 is 1.73 bits per heavy atom. The first-order valence-electron chi connectivity index (χ1n) is 7.83. The second-order valence-electron chi connectivity index (χ2n) is 5.24. The molecule has 2 heterocycles. The first-order valence-corrected chi connectivity index (χ1v) is 8.65. The molecule has 0 saturated carbocycles. The molecule has 0 spiro atoms. The van der Waals surface area contributed by atoms with Gasteiger partial charge in [-0.1, -0.05) is 49.8 Å². The van der Waals surface area contributed by atoms with E-state index in [-0.39, 0.29) is 6.04 Å². The van der Waals surface area contributed by atoms with E-state index in [2.05, 4.69) is 66.9 Å². The van der Waals surface area contributed by atoms with Crippen molar-refractivity contribution in [3.05, 3.63) is 72.0 Å². The molecule has 2 aromatic carbocycles. The van der Waals surface area contributed by atoms with Gasteiger partial charge in [-0.3, -0.25) is 0 Å². The molecule has 0 bridgehead atoms. The summed E-state index contributed by atoms with van der Waals surface area (Å²) in [7, 11) is 0. The molecule has 0 fully saturated rings. The molecule has 0 amide bonds. The van der Waals surface area contributed by atoms with Crippen molar-refractivity contribution in [2.75, 3.05) is 0 Å². The van der Waals surface area contributed by atoms with Crippen molar-refractivity contribution < 1.29 is 0 Å². The number of fused-ring (bicyclic) bond motifs is 3. The van der Waals surface area contributed by atoms with Crippen LogP contribution in [0.25, 0.3) is 20.2 Å². The first kappa shape index (κ1) is 14.9. The van der Waals surface area contributed by atoms with Crippen molar-refractivity contribution in [2.24, 2.45) is 0 Å². The summed E-state index contributed by atoms with van der Waals surface area (Å²) in [5, 5.41) is 6.15. The SMILES string of the molecule is CC.CC1=CC(c2ccc3sc4ccccc4c3c2)NC=C1. The summed E-state index contributed by atoms with van der Waals surface area (Å²) in [5.41, 5.74) is 2.63. The van der Waals surface area contributed by atoms with Crippen LogP contribution in [0.3, 0.4) is 0 Å². The van der Waals surface area contributed by atoms with Gasteiger partial charge in [0.15, 0.2) is 0 Å². The van der Waals surface area contributed by atoms with Crippen LogP contribution in [0.15, 0.2) is 66.4 Å². The highest BCUT2D eigenvalue weighted by Gasteiger charge is 2.12. The van der Waals surface area contributed by atoms with Crippen molar-refractivity contribution in [3.63, 3.8) is 0 Å². The maximum absolute atomic E-state index is 3.42. The normalized spacial score (nSPS) is 16.9. The van der Waals surface area contributed by atoms with Crippen LogP contribution >= 0.6 is 11.3 Å². The number of dihydropyridines is 1. The second kappa shape index (κ2) is 6.37. The van der Waals surface area contributed by atoms with Crippen LogP contribution < -0.4 is 5.32 Å². The van der Waals surface area contributed by atoms with Gasteiger partial charge in [0.05, 0.1) is 6.04 Å². The summed E-state index contributed by atoms with van der Waals surface area (Å²) >= 11 is 1.87. The van der Waals surface area contributed by atoms with E-state index < -0.39 is 0 Å². The zero-order chi connectivity index (χ0) is 15.5. The van der Waals surface area contributed by atoms with Crippen LogP contribution in [-0.2, 0) is 0 Å². The lowest BCUT2D eigenvalue weighted by molar-refractivity contribution is 0.740. The molecule has 2 heteroatoms. The Morgan fingerprint density at radius 1 is 0.955 bits per heavy atom. The molecule has 0 aliphatic carbocycles. The lowest BCUT2D eigenvalue weighted by atomic mass is 10.00. The average Bonchev–Trinajstić information content (AvgIpc) is 2.94. The lowest BCUT2D eigenvalue weighted by Gasteiger charge is -2.18. The molecule has 1 nitrogen and oxygen atoms in total. The Bertz CT molecular complexity index is 854. The molecule has 1 aromatic heterocycles. The predicted octanol–water partition coefficient (Wildman–Crippen LogP) is 6.19. The molecule has 22 heavy (non-hydrogen) atoms. The van der Waals surface area contributed by atoms with Crippen LogP contribution in [0.1, 0.15) is 32.4 Å². The van der Waals surface area contributed by atoms with E-state index in [1.807, 2.05) is 31.4 Å². The third-order valence-electron chi connectivity index (χ3n) is 3.81. The summed E-state index contributed by atoms with van der Waals surface area (Å²) in [5.74, 6) is 0. The van der Waals surface area contributed by atoms with Crippen molar-refractivity contribution in [3.8, 4) is 0 Å². The van der Waals surface area contributed by atoms with Crippen molar-refractivity contribution in [1.82, 2.24) is 5.32 Å². The van der Waals surface area contributed by atoms with Gasteiger partial charge in [0, 0.05) is 20.2 Å². The van der Waals surface area contributed by atoms with Crippen molar-refractivity contribution >= 4 is 31.5 Å². The van der Waals surface area contributed by atoms with Gasteiger partial charge in [-0.05, 0) is 43.0 Å². The smallest absolute Gasteiger partial charge is 0.0698 e. The molecule has 112 valence electrons. The average molecular weight is 307 g/mol. The lowest BCUT2D eigenvalue weighted by Crippen LogP contribution is -2.15. The Labute approximate surface area is 136 Å². The molecular weight excluding hydrogens is 286 g/mol. The third kappa shape index (κ3) is 2.67. The quantitative estimate of drug-likeness (QED) is 0.565. The summed E-state index contributed by atoms with van der Waals surface area (Å²) in [6, 6.07) is 15.7. The van der Waals surface area contributed by atoms with Gasteiger partial charge < -0.3 is 5.32 Å². The summed E-state index contributed by atoms with van der Waals surface area (Å²) in [4.78, 5) is 0. The Hall–Kier alpha value is -2.06. The second-order valence-corrected chi connectivity index (χ2v) is 6.33. The van der Waals surface area contributed by atoms with E-state index in [0.29, 0.717) is 0 Å². The number of benzene rings is 2. The maximum atomic E-state index is 3.42. The molecule has 1 unspecified atom stereocenters. The Morgan fingerprint density at radius 3 is 2.55 bits per heavy atom. The maximum Gasteiger partial charge on any atom is 0.0698 e. The monoisotopic (exact) mass is 307 g/mol. The van der Waals surface area contributed by atoms with Gasteiger partial charge >= 0.3 is 0 Å². The molecule has 4 rings (SSSR count). The molecule has 0 saturated heterocycles. The fourth-order valence-corrected chi connectivity index (χ4v) is 3.87. The van der Waals surface area contributed by atoms with Gasteiger partial charge in [0.1, 0.15) is 0 Å². The largest absolute Gasteiger partial charge is 0.381 e. The van der Waals surface area contributed by atoms with Gasteiger partial charge in [-0.2, -0.15) is 0 Å². The molecule has 1 atom stereocenters. The standard InChI is InChI=1S/C18H15NS.C2H6/c1-12-8-9-19-16(10-12)13-6-7-18-15(11-13)14-4-2-3-5-17(14)20-18;1-2/h2-11,16,19H,1H3;1-2H3. The van der Waals surface area contributed by atoms with Crippen LogP contribution in [0.5, 0.6) is 0 Å².